The van der Waals surface area contributed by atoms with Crippen molar-refractivity contribution < 1.29 is 22.7 Å². The van der Waals surface area contributed by atoms with Crippen molar-refractivity contribution in [2.24, 2.45) is 0 Å². The third-order valence-corrected chi connectivity index (χ3v) is 6.62. The highest BCUT2D eigenvalue weighted by Crippen LogP contribution is 2.25. The van der Waals surface area contributed by atoms with Crippen LogP contribution in [0.25, 0.3) is 0 Å². The summed E-state index contributed by atoms with van der Waals surface area (Å²) >= 11 is 0. The van der Waals surface area contributed by atoms with E-state index in [0.717, 1.165) is 16.7 Å². The molecule has 7 nitrogen and oxygen atoms in total. The van der Waals surface area contributed by atoms with Gasteiger partial charge in [-0.1, -0.05) is 48.5 Å². The molecule has 0 bridgehead atoms. The van der Waals surface area contributed by atoms with E-state index in [1.807, 2.05) is 42.5 Å². The van der Waals surface area contributed by atoms with Gasteiger partial charge in [0.05, 0.1) is 14.2 Å². The minimum atomic E-state index is -4.03. The van der Waals surface area contributed by atoms with Crippen LogP contribution in [0.1, 0.15) is 16.7 Å². The molecule has 0 saturated carbocycles. The molecule has 0 aliphatic carbocycles. The first-order valence-electron chi connectivity index (χ1n) is 10.4. The third kappa shape index (κ3) is 6.57. The zero-order chi connectivity index (χ0) is 23.8. The van der Waals surface area contributed by atoms with Gasteiger partial charge < -0.3 is 14.8 Å². The molecule has 0 spiro atoms. The molecule has 0 aliphatic rings. The topological polar surface area (TPSA) is 93.7 Å². The van der Waals surface area contributed by atoms with E-state index in [9.17, 15) is 13.2 Å². The van der Waals surface area contributed by atoms with Crippen LogP contribution in [0.4, 0.5) is 0 Å². The highest BCUT2D eigenvalue weighted by atomic mass is 32.2. The number of methoxy groups -OCH3 is 2. The Morgan fingerprint density at radius 2 is 1.61 bits per heavy atom. The monoisotopic (exact) mass is 468 g/mol. The van der Waals surface area contributed by atoms with E-state index in [0.29, 0.717) is 5.75 Å². The highest BCUT2D eigenvalue weighted by Gasteiger charge is 2.28. The maximum atomic E-state index is 13.2. The Morgan fingerprint density at radius 3 is 2.24 bits per heavy atom. The molecule has 0 saturated heterocycles. The van der Waals surface area contributed by atoms with E-state index in [2.05, 4.69) is 10.0 Å². The first-order chi connectivity index (χ1) is 15.8. The van der Waals surface area contributed by atoms with Crippen LogP contribution in [-0.4, -0.2) is 34.6 Å². The van der Waals surface area contributed by atoms with Gasteiger partial charge in [-0.05, 0) is 54.3 Å². The SMILES string of the molecule is COc1ccc(CNC(=O)C(Cc2ccccc2)NS(=O)(=O)c2cc(C)ccc2OC)cc1. The first-order valence-corrected chi connectivity index (χ1v) is 11.9. The van der Waals surface area contributed by atoms with Gasteiger partial charge in [-0.25, -0.2) is 8.42 Å². The van der Waals surface area contributed by atoms with Crippen molar-refractivity contribution in [3.8, 4) is 11.5 Å². The Balaban J connectivity index is 1.82. The molecule has 3 aromatic rings. The van der Waals surface area contributed by atoms with Crippen LogP contribution in [0.5, 0.6) is 11.5 Å². The predicted molar refractivity (Wildman–Crippen MR) is 127 cm³/mol. The Hall–Kier alpha value is -3.36. The van der Waals surface area contributed by atoms with Gasteiger partial charge in [-0.3, -0.25) is 4.79 Å². The van der Waals surface area contributed by atoms with E-state index >= 15 is 0 Å². The Kier molecular flexibility index (Phi) is 8.08. The minimum Gasteiger partial charge on any atom is -0.497 e. The number of hydrogen-bond acceptors (Lipinski definition) is 5. The van der Waals surface area contributed by atoms with Crippen LogP contribution in [-0.2, 0) is 27.8 Å². The summed E-state index contributed by atoms with van der Waals surface area (Å²) in [6, 6.07) is 20.4. The molecule has 3 rings (SSSR count). The number of benzene rings is 3. The van der Waals surface area contributed by atoms with Crippen LogP contribution in [0.3, 0.4) is 0 Å². The second-order valence-corrected chi connectivity index (χ2v) is 9.27. The molecule has 0 aliphatic heterocycles. The molecule has 0 heterocycles. The standard InChI is InChI=1S/C25H28N2O5S/c1-18-9-14-23(32-3)24(15-18)33(29,30)27-22(16-19-7-5-4-6-8-19)25(28)26-17-20-10-12-21(31-2)13-11-20/h4-15,22,27H,16-17H2,1-3H3,(H,26,28). The van der Waals surface area contributed by atoms with Crippen LogP contribution >= 0.6 is 0 Å². The molecule has 8 heteroatoms. The molecular formula is C25H28N2O5S. The molecule has 0 radical (unpaired) electrons. The lowest BCUT2D eigenvalue weighted by Gasteiger charge is -2.20. The summed E-state index contributed by atoms with van der Waals surface area (Å²) in [5.74, 6) is 0.502. The Morgan fingerprint density at radius 1 is 0.909 bits per heavy atom. The fourth-order valence-corrected chi connectivity index (χ4v) is 4.79. The van der Waals surface area contributed by atoms with Crippen molar-refractivity contribution in [2.75, 3.05) is 14.2 Å². The van der Waals surface area contributed by atoms with Gasteiger partial charge in [0.25, 0.3) is 0 Å². The van der Waals surface area contributed by atoms with Gasteiger partial charge in [0.1, 0.15) is 22.4 Å². The fraction of sp³-hybridized carbons (Fsp3) is 0.240. The molecule has 174 valence electrons. The number of carbonyl (C=O) groups is 1. The minimum absolute atomic E-state index is 0.00832. The molecule has 33 heavy (non-hydrogen) atoms. The number of hydrogen-bond donors (Lipinski definition) is 2. The summed E-state index contributed by atoms with van der Waals surface area (Å²) in [6.45, 7) is 2.05. The van der Waals surface area contributed by atoms with Gasteiger partial charge in [0.2, 0.25) is 15.9 Å². The van der Waals surface area contributed by atoms with E-state index in [-0.39, 0.29) is 23.6 Å². The van der Waals surface area contributed by atoms with Crippen LogP contribution in [0, 0.1) is 6.92 Å². The number of aryl methyl sites for hydroxylation is 1. The second-order valence-electron chi connectivity index (χ2n) is 7.58. The average Bonchev–Trinajstić information content (AvgIpc) is 2.83. The van der Waals surface area contributed by atoms with Gasteiger partial charge in [-0.15, -0.1) is 0 Å². The number of amides is 1. The lowest BCUT2D eigenvalue weighted by atomic mass is 10.1. The highest BCUT2D eigenvalue weighted by molar-refractivity contribution is 7.89. The van der Waals surface area contributed by atoms with Crippen molar-refractivity contribution in [3.63, 3.8) is 0 Å². The number of rotatable bonds is 10. The number of sulfonamides is 1. The van der Waals surface area contributed by atoms with Crippen molar-refractivity contribution >= 4 is 15.9 Å². The van der Waals surface area contributed by atoms with E-state index < -0.39 is 22.0 Å². The van der Waals surface area contributed by atoms with Crippen LogP contribution < -0.4 is 19.5 Å². The molecule has 0 fully saturated rings. The van der Waals surface area contributed by atoms with Gasteiger partial charge in [0.15, 0.2) is 0 Å². The third-order valence-electron chi connectivity index (χ3n) is 5.13. The largest absolute Gasteiger partial charge is 0.497 e. The Labute approximate surface area is 194 Å². The van der Waals surface area contributed by atoms with E-state index in [1.54, 1.807) is 38.3 Å². The quantitative estimate of drug-likeness (QED) is 0.477. The molecule has 0 aromatic heterocycles. The second kappa shape index (κ2) is 11.0. The lowest BCUT2D eigenvalue weighted by molar-refractivity contribution is -0.122. The summed E-state index contributed by atoms with van der Waals surface area (Å²) in [5.41, 5.74) is 2.46. The van der Waals surface area contributed by atoms with Crippen LogP contribution in [0.2, 0.25) is 0 Å². The van der Waals surface area contributed by atoms with Gasteiger partial charge >= 0.3 is 0 Å². The number of ether oxygens (including phenoxy) is 2. The summed E-state index contributed by atoms with van der Waals surface area (Å²) in [7, 11) is -1.04. The van der Waals surface area contributed by atoms with Crippen molar-refractivity contribution in [2.45, 2.75) is 30.8 Å². The van der Waals surface area contributed by atoms with Crippen molar-refractivity contribution in [1.82, 2.24) is 10.0 Å². The smallest absolute Gasteiger partial charge is 0.244 e. The zero-order valence-electron chi connectivity index (χ0n) is 18.9. The number of nitrogens with one attached hydrogen (secondary N) is 2. The van der Waals surface area contributed by atoms with E-state index in [1.165, 1.54) is 13.2 Å². The predicted octanol–water partition coefficient (Wildman–Crippen LogP) is 3.22. The van der Waals surface area contributed by atoms with Crippen molar-refractivity contribution in [3.05, 3.63) is 89.5 Å². The number of carbonyl (C=O) groups excluding carboxylic acids is 1. The van der Waals surface area contributed by atoms with E-state index in [4.69, 9.17) is 9.47 Å². The zero-order valence-corrected chi connectivity index (χ0v) is 19.7. The average molecular weight is 469 g/mol. The van der Waals surface area contributed by atoms with Gasteiger partial charge in [0, 0.05) is 6.54 Å². The maximum absolute atomic E-state index is 13.2. The molecule has 1 amide bonds. The normalized spacial score (nSPS) is 12.1. The fourth-order valence-electron chi connectivity index (χ4n) is 3.34. The first kappa shape index (κ1) is 24.3. The molecule has 3 aromatic carbocycles. The summed E-state index contributed by atoms with van der Waals surface area (Å²) in [6.07, 6.45) is 0.197. The molecule has 1 unspecified atom stereocenters. The Bertz CT molecular complexity index is 1180. The summed E-state index contributed by atoms with van der Waals surface area (Å²) in [4.78, 5) is 13.1. The van der Waals surface area contributed by atoms with Crippen LogP contribution in [0.15, 0.2) is 77.7 Å². The summed E-state index contributed by atoms with van der Waals surface area (Å²) < 4.78 is 39.4. The molecular weight excluding hydrogens is 440 g/mol. The van der Waals surface area contributed by atoms with Gasteiger partial charge in [-0.2, -0.15) is 4.72 Å². The molecule has 2 N–H and O–H groups in total. The lowest BCUT2D eigenvalue weighted by Crippen LogP contribution is -2.47. The molecule has 1 atom stereocenters. The summed E-state index contributed by atoms with van der Waals surface area (Å²) in [5, 5.41) is 2.83. The maximum Gasteiger partial charge on any atom is 0.244 e. The van der Waals surface area contributed by atoms with Crippen molar-refractivity contribution in [1.29, 1.82) is 0 Å².